The van der Waals surface area contributed by atoms with Gasteiger partial charge in [-0.2, -0.15) is 0 Å². The Morgan fingerprint density at radius 3 is 2.71 bits per heavy atom. The zero-order valence-electron chi connectivity index (χ0n) is 13.7. The number of alkyl carbamates (subject to hydrolysis) is 1. The molecular formula is C13H21N5O6. The molecule has 0 radical (unpaired) electrons. The smallest absolute Gasteiger partial charge is 0.408 e. The highest BCUT2D eigenvalue weighted by molar-refractivity contribution is 5.85. The predicted octanol–water partition coefficient (Wildman–Crippen LogP) is 0.170. The number of nitrogens with one attached hydrogen (secondary N) is 3. The summed E-state index contributed by atoms with van der Waals surface area (Å²) in [4.78, 5) is 44.9. The third-order valence-electron chi connectivity index (χ3n) is 2.57. The van der Waals surface area contributed by atoms with Crippen LogP contribution in [0.1, 0.15) is 26.5 Å². The van der Waals surface area contributed by atoms with Gasteiger partial charge in [-0.3, -0.25) is 4.79 Å². The van der Waals surface area contributed by atoms with Crippen LogP contribution in [0.4, 0.5) is 4.79 Å². The van der Waals surface area contributed by atoms with Crippen molar-refractivity contribution >= 4 is 12.0 Å². The quantitative estimate of drug-likeness (QED) is 0.346. The van der Waals surface area contributed by atoms with Gasteiger partial charge < -0.3 is 25.2 Å². The lowest BCUT2D eigenvalue weighted by molar-refractivity contribution is -0.757. The van der Waals surface area contributed by atoms with Gasteiger partial charge in [0.05, 0.1) is 12.0 Å². The van der Waals surface area contributed by atoms with Gasteiger partial charge in [-0.05, 0) is 20.8 Å². The maximum Gasteiger partial charge on any atom is 0.408 e. The number of H-pyrrole nitrogens is 1. The van der Waals surface area contributed by atoms with Crippen LogP contribution >= 0.6 is 0 Å². The molecule has 1 rings (SSSR count). The fourth-order valence-corrected chi connectivity index (χ4v) is 1.69. The largest absolute Gasteiger partial charge is 0.444 e. The van der Waals surface area contributed by atoms with E-state index in [1.165, 1.54) is 6.33 Å². The van der Waals surface area contributed by atoms with Crippen LogP contribution in [0, 0.1) is 10.1 Å². The van der Waals surface area contributed by atoms with Crippen molar-refractivity contribution in [3.8, 4) is 0 Å². The zero-order chi connectivity index (χ0) is 18.2. The summed E-state index contributed by atoms with van der Waals surface area (Å²) in [5.74, 6) is -0.532. The van der Waals surface area contributed by atoms with E-state index in [1.807, 2.05) is 0 Å². The molecule has 3 N–H and O–H groups in total. The summed E-state index contributed by atoms with van der Waals surface area (Å²) in [6, 6.07) is -0.946. The van der Waals surface area contributed by atoms with Gasteiger partial charge in [-0.15, -0.1) is 10.1 Å². The Morgan fingerprint density at radius 2 is 2.17 bits per heavy atom. The molecule has 0 unspecified atom stereocenters. The Morgan fingerprint density at radius 1 is 1.46 bits per heavy atom. The zero-order valence-corrected chi connectivity index (χ0v) is 13.7. The van der Waals surface area contributed by atoms with Gasteiger partial charge in [0.1, 0.15) is 18.2 Å². The molecule has 1 heterocycles. The van der Waals surface area contributed by atoms with E-state index < -0.39 is 28.7 Å². The van der Waals surface area contributed by atoms with Crippen LogP contribution in [-0.2, 0) is 20.8 Å². The van der Waals surface area contributed by atoms with Crippen LogP contribution < -0.4 is 10.6 Å². The van der Waals surface area contributed by atoms with Crippen LogP contribution in [0.5, 0.6) is 0 Å². The minimum Gasteiger partial charge on any atom is -0.444 e. The van der Waals surface area contributed by atoms with Crippen LogP contribution in [-0.4, -0.2) is 51.8 Å². The summed E-state index contributed by atoms with van der Waals surface area (Å²) in [5, 5.41) is 14.0. The Balaban J connectivity index is 2.61. The first-order chi connectivity index (χ1) is 11.2. The SMILES string of the molecule is CC(C)(C)OC(=O)N[C@@H](Cc1c[nH]cn1)C(=O)NCCO[N+](=O)[O-]. The summed E-state index contributed by atoms with van der Waals surface area (Å²) < 4.78 is 5.12. The second kappa shape index (κ2) is 8.70. The fourth-order valence-electron chi connectivity index (χ4n) is 1.69. The maximum absolute atomic E-state index is 12.2. The van der Waals surface area contributed by atoms with Crippen molar-refractivity contribution in [1.82, 2.24) is 20.6 Å². The van der Waals surface area contributed by atoms with Gasteiger partial charge in [-0.1, -0.05) is 0 Å². The average molecular weight is 343 g/mol. The molecule has 0 saturated carbocycles. The number of hydrogen-bond acceptors (Lipinski definition) is 7. The minimum absolute atomic E-state index is 0.0765. The number of hydrogen-bond donors (Lipinski definition) is 3. The first-order valence-corrected chi connectivity index (χ1v) is 7.19. The number of aromatic amines is 1. The topological polar surface area (TPSA) is 148 Å². The van der Waals surface area contributed by atoms with E-state index in [0.29, 0.717) is 5.69 Å². The molecule has 0 aromatic carbocycles. The van der Waals surface area contributed by atoms with E-state index in [2.05, 4.69) is 25.4 Å². The molecule has 24 heavy (non-hydrogen) atoms. The Hall–Kier alpha value is -2.85. The molecule has 0 spiro atoms. The van der Waals surface area contributed by atoms with Crippen molar-refractivity contribution in [2.45, 2.75) is 38.8 Å². The van der Waals surface area contributed by atoms with Crippen LogP contribution in [0.2, 0.25) is 0 Å². The normalized spacial score (nSPS) is 12.1. The van der Waals surface area contributed by atoms with Crippen molar-refractivity contribution < 1.29 is 24.3 Å². The second-order valence-corrected chi connectivity index (χ2v) is 5.81. The molecule has 2 amide bonds. The molecular weight excluding hydrogens is 322 g/mol. The van der Waals surface area contributed by atoms with Gasteiger partial charge in [0, 0.05) is 19.2 Å². The molecule has 1 aromatic heterocycles. The van der Waals surface area contributed by atoms with Crippen LogP contribution in [0.25, 0.3) is 0 Å². The molecule has 0 aliphatic carbocycles. The minimum atomic E-state index is -0.952. The molecule has 1 atom stereocenters. The molecule has 0 fully saturated rings. The lowest BCUT2D eigenvalue weighted by Gasteiger charge is -2.23. The first-order valence-electron chi connectivity index (χ1n) is 7.19. The average Bonchev–Trinajstić information content (AvgIpc) is 2.93. The molecule has 0 aliphatic rings. The van der Waals surface area contributed by atoms with E-state index in [4.69, 9.17) is 4.74 Å². The summed E-state index contributed by atoms with van der Waals surface area (Å²) in [7, 11) is 0. The Kier molecular flexibility index (Phi) is 6.96. The number of rotatable bonds is 8. The van der Waals surface area contributed by atoms with Crippen molar-refractivity contribution in [2.24, 2.45) is 0 Å². The number of ether oxygens (including phenoxy) is 1. The molecule has 11 heteroatoms. The molecule has 134 valence electrons. The van der Waals surface area contributed by atoms with Gasteiger partial charge >= 0.3 is 6.09 Å². The van der Waals surface area contributed by atoms with E-state index in [1.54, 1.807) is 27.0 Å². The summed E-state index contributed by atoms with van der Waals surface area (Å²) in [6.45, 7) is 4.73. The summed E-state index contributed by atoms with van der Waals surface area (Å²) >= 11 is 0. The van der Waals surface area contributed by atoms with Crippen molar-refractivity contribution in [2.75, 3.05) is 13.2 Å². The number of nitrogens with zero attached hydrogens (tertiary/aromatic N) is 2. The van der Waals surface area contributed by atoms with E-state index in [9.17, 15) is 19.7 Å². The summed E-state index contributed by atoms with van der Waals surface area (Å²) in [5.41, 5.74) is -0.149. The van der Waals surface area contributed by atoms with Gasteiger partial charge in [0.25, 0.3) is 5.09 Å². The Labute approximate surface area is 138 Å². The van der Waals surface area contributed by atoms with Gasteiger partial charge in [0.2, 0.25) is 5.91 Å². The predicted molar refractivity (Wildman–Crippen MR) is 81.4 cm³/mol. The van der Waals surface area contributed by atoms with E-state index in [0.717, 1.165) is 0 Å². The second-order valence-electron chi connectivity index (χ2n) is 5.81. The summed E-state index contributed by atoms with van der Waals surface area (Å²) in [6.07, 6.45) is 2.42. The maximum atomic E-state index is 12.2. The highest BCUT2D eigenvalue weighted by Gasteiger charge is 2.25. The first kappa shape index (κ1) is 19.2. The number of carbonyl (C=O) groups is 2. The number of aromatic nitrogens is 2. The standard InChI is InChI=1S/C13H21N5O6/c1-13(2,3)24-12(20)17-10(6-9-7-14-8-16-9)11(19)15-4-5-23-18(21)22/h7-8,10H,4-6H2,1-3H3,(H,14,16)(H,15,19)(H,17,20)/t10-/m0/s1. The van der Waals surface area contributed by atoms with Crippen LogP contribution in [0.15, 0.2) is 12.5 Å². The van der Waals surface area contributed by atoms with Crippen molar-refractivity contribution in [1.29, 1.82) is 0 Å². The Bertz CT molecular complexity index is 554. The lowest BCUT2D eigenvalue weighted by atomic mass is 10.1. The number of amides is 2. The highest BCUT2D eigenvalue weighted by atomic mass is 16.9. The molecule has 1 aromatic rings. The lowest BCUT2D eigenvalue weighted by Crippen LogP contribution is -2.50. The monoisotopic (exact) mass is 343 g/mol. The third kappa shape index (κ3) is 7.96. The number of carbonyl (C=O) groups excluding carboxylic acids is 2. The van der Waals surface area contributed by atoms with Gasteiger partial charge in [-0.25, -0.2) is 9.78 Å². The molecule has 0 aliphatic heterocycles. The van der Waals surface area contributed by atoms with E-state index >= 15 is 0 Å². The third-order valence-corrected chi connectivity index (χ3v) is 2.57. The fraction of sp³-hybridized carbons (Fsp3) is 0.615. The van der Waals surface area contributed by atoms with Crippen molar-refractivity contribution in [3.05, 3.63) is 28.3 Å². The molecule has 0 bridgehead atoms. The van der Waals surface area contributed by atoms with Gasteiger partial charge in [0.15, 0.2) is 0 Å². The van der Waals surface area contributed by atoms with E-state index in [-0.39, 0.29) is 19.6 Å². The number of imidazole rings is 1. The molecule has 0 saturated heterocycles. The van der Waals surface area contributed by atoms with Crippen molar-refractivity contribution in [3.63, 3.8) is 0 Å². The highest BCUT2D eigenvalue weighted by Crippen LogP contribution is 2.07. The van der Waals surface area contributed by atoms with Crippen LogP contribution in [0.3, 0.4) is 0 Å². The molecule has 11 nitrogen and oxygen atoms in total.